The standard InChI is InChI=1S/C28H35N7O5S/c1-18-25(24-15-35(41(4,37)38)28-23(24)14-30-17-31-28)32-26(33-27(18)34(3)20-8-10-39-11-9-20)19-6-5-7-22(12-19)40-16-21(36)13-29-2/h5-7,12,14-15,17,20-21,29,36H,8-11,13,16H2,1-4H3/t21-/m1/s1. The van der Waals surface area contributed by atoms with Gasteiger partial charge in [-0.1, -0.05) is 12.1 Å². The van der Waals surface area contributed by atoms with Gasteiger partial charge in [-0.25, -0.2) is 32.3 Å². The maximum absolute atomic E-state index is 12.6. The number of aliphatic hydroxyl groups is 1. The van der Waals surface area contributed by atoms with Crippen molar-refractivity contribution < 1.29 is 23.0 Å². The van der Waals surface area contributed by atoms with Gasteiger partial charge in [-0.05, 0) is 38.9 Å². The van der Waals surface area contributed by atoms with Crippen LogP contribution in [-0.2, 0) is 14.8 Å². The van der Waals surface area contributed by atoms with Gasteiger partial charge in [-0.15, -0.1) is 0 Å². The molecule has 3 aromatic heterocycles. The van der Waals surface area contributed by atoms with Gasteiger partial charge in [-0.2, -0.15) is 0 Å². The van der Waals surface area contributed by atoms with Crippen molar-refractivity contribution >= 4 is 26.9 Å². The number of hydrogen-bond donors (Lipinski definition) is 2. The van der Waals surface area contributed by atoms with Gasteiger partial charge in [0.25, 0.3) is 0 Å². The highest BCUT2D eigenvalue weighted by Gasteiger charge is 2.26. The van der Waals surface area contributed by atoms with Gasteiger partial charge in [0.2, 0.25) is 10.0 Å². The van der Waals surface area contributed by atoms with Crippen LogP contribution in [0.25, 0.3) is 33.7 Å². The Hall–Kier alpha value is -3.65. The Labute approximate surface area is 239 Å². The van der Waals surface area contributed by atoms with Crippen molar-refractivity contribution in [3.63, 3.8) is 0 Å². The van der Waals surface area contributed by atoms with Crippen LogP contribution in [0.15, 0.2) is 43.0 Å². The van der Waals surface area contributed by atoms with Crippen molar-refractivity contribution in [3.05, 3.63) is 48.5 Å². The average Bonchev–Trinajstić information content (AvgIpc) is 3.37. The first-order valence-corrected chi connectivity index (χ1v) is 15.3. The molecule has 0 aliphatic carbocycles. The van der Waals surface area contributed by atoms with Crippen LogP contribution < -0.4 is 15.0 Å². The molecule has 0 spiro atoms. The largest absolute Gasteiger partial charge is 0.491 e. The molecular weight excluding hydrogens is 546 g/mol. The Balaban J connectivity index is 1.65. The molecule has 2 N–H and O–H groups in total. The second-order valence-corrected chi connectivity index (χ2v) is 12.1. The summed E-state index contributed by atoms with van der Waals surface area (Å²) < 4.78 is 37.9. The number of nitrogens with one attached hydrogen (secondary N) is 1. The van der Waals surface area contributed by atoms with E-state index in [1.165, 1.54) is 6.33 Å². The first kappa shape index (κ1) is 28.9. The SMILES string of the molecule is CNC[C@@H](O)COc1cccc(-c2nc(-c3cn(S(C)(=O)=O)c4ncncc34)c(C)c(N(C)C3CCOCC3)n2)c1. The minimum Gasteiger partial charge on any atom is -0.491 e. The number of aliphatic hydroxyl groups excluding tert-OH is 1. The van der Waals surface area contributed by atoms with E-state index in [1.807, 2.05) is 38.2 Å². The summed E-state index contributed by atoms with van der Waals surface area (Å²) in [6.45, 7) is 3.85. The minimum absolute atomic E-state index is 0.132. The van der Waals surface area contributed by atoms with Gasteiger partial charge >= 0.3 is 0 Å². The third-order valence-corrected chi connectivity index (χ3v) is 8.21. The number of likely N-dealkylation sites (N-methyl/N-ethyl adjacent to an activating group) is 1. The number of hydrogen-bond acceptors (Lipinski definition) is 11. The Morgan fingerprint density at radius 2 is 2.05 bits per heavy atom. The molecule has 41 heavy (non-hydrogen) atoms. The first-order chi connectivity index (χ1) is 19.7. The number of ether oxygens (including phenoxy) is 2. The lowest BCUT2D eigenvalue weighted by Gasteiger charge is -2.33. The van der Waals surface area contributed by atoms with Crippen LogP contribution >= 0.6 is 0 Å². The van der Waals surface area contributed by atoms with E-state index in [4.69, 9.17) is 19.4 Å². The summed E-state index contributed by atoms with van der Waals surface area (Å²) in [5.74, 6) is 1.77. The van der Waals surface area contributed by atoms with E-state index in [1.54, 1.807) is 19.4 Å². The number of rotatable bonds is 10. The zero-order valence-corrected chi connectivity index (χ0v) is 24.4. The predicted octanol–water partition coefficient (Wildman–Crippen LogP) is 2.25. The molecule has 0 saturated carbocycles. The first-order valence-electron chi connectivity index (χ1n) is 13.4. The topological polar surface area (TPSA) is 145 Å². The van der Waals surface area contributed by atoms with Crippen LogP contribution in [0.2, 0.25) is 0 Å². The second kappa shape index (κ2) is 12.1. The summed E-state index contributed by atoms with van der Waals surface area (Å²) in [5, 5.41) is 13.6. The van der Waals surface area contributed by atoms with Gasteiger partial charge in [-0.3, -0.25) is 0 Å². The maximum Gasteiger partial charge on any atom is 0.237 e. The summed E-state index contributed by atoms with van der Waals surface area (Å²) in [6, 6.07) is 7.62. The molecule has 1 atom stereocenters. The van der Waals surface area contributed by atoms with Crippen molar-refractivity contribution in [1.82, 2.24) is 29.2 Å². The van der Waals surface area contributed by atoms with Crippen molar-refractivity contribution in [3.8, 4) is 28.4 Å². The maximum atomic E-state index is 12.6. The summed E-state index contributed by atoms with van der Waals surface area (Å²) in [5.41, 5.74) is 2.99. The Morgan fingerprint density at radius 1 is 1.27 bits per heavy atom. The molecule has 1 fully saturated rings. The van der Waals surface area contributed by atoms with E-state index in [0.29, 0.717) is 48.0 Å². The Morgan fingerprint density at radius 3 is 2.78 bits per heavy atom. The monoisotopic (exact) mass is 581 g/mol. The summed E-state index contributed by atoms with van der Waals surface area (Å²) in [4.78, 5) is 20.6. The Bertz CT molecular complexity index is 1640. The van der Waals surface area contributed by atoms with Crippen LogP contribution in [0.5, 0.6) is 5.75 Å². The highest BCUT2D eigenvalue weighted by Crippen LogP contribution is 2.37. The molecule has 5 rings (SSSR count). The average molecular weight is 582 g/mol. The van der Waals surface area contributed by atoms with Gasteiger partial charge in [0.15, 0.2) is 11.5 Å². The van der Waals surface area contributed by atoms with Crippen molar-refractivity contribution in [1.29, 1.82) is 0 Å². The van der Waals surface area contributed by atoms with Gasteiger partial charge < -0.3 is 24.8 Å². The van der Waals surface area contributed by atoms with Gasteiger partial charge in [0, 0.05) is 67.3 Å². The van der Waals surface area contributed by atoms with Crippen LogP contribution in [0, 0.1) is 6.92 Å². The fourth-order valence-corrected chi connectivity index (χ4v) is 5.83. The van der Waals surface area contributed by atoms with Crippen LogP contribution in [0.4, 0.5) is 5.82 Å². The lowest BCUT2D eigenvalue weighted by atomic mass is 10.0. The molecule has 1 saturated heterocycles. The second-order valence-electron chi connectivity index (χ2n) is 10.2. The molecule has 0 radical (unpaired) electrons. The van der Waals surface area contributed by atoms with Crippen molar-refractivity contribution in [2.75, 3.05) is 51.6 Å². The lowest BCUT2D eigenvalue weighted by Crippen LogP contribution is -2.37. The van der Waals surface area contributed by atoms with Crippen LogP contribution in [-0.4, -0.2) is 96.3 Å². The fourth-order valence-electron chi connectivity index (χ4n) is 5.08. The molecule has 0 amide bonds. The highest BCUT2D eigenvalue weighted by atomic mass is 32.2. The molecular formula is C28H35N7O5S. The van der Waals surface area contributed by atoms with Gasteiger partial charge in [0.1, 0.15) is 30.6 Å². The number of nitrogens with zero attached hydrogens (tertiary/aromatic N) is 6. The summed E-state index contributed by atoms with van der Waals surface area (Å²) in [7, 11) is 0.145. The minimum atomic E-state index is -3.64. The smallest absolute Gasteiger partial charge is 0.237 e. The van der Waals surface area contributed by atoms with Crippen LogP contribution in [0.3, 0.4) is 0 Å². The van der Waals surface area contributed by atoms with E-state index >= 15 is 0 Å². The fraction of sp³-hybridized carbons (Fsp3) is 0.429. The molecule has 1 aromatic carbocycles. The summed E-state index contributed by atoms with van der Waals surface area (Å²) >= 11 is 0. The van der Waals surface area contributed by atoms with E-state index < -0.39 is 16.1 Å². The Kier molecular flexibility index (Phi) is 8.50. The van der Waals surface area contributed by atoms with Crippen molar-refractivity contribution in [2.24, 2.45) is 0 Å². The molecule has 12 nitrogen and oxygen atoms in total. The lowest BCUT2D eigenvalue weighted by molar-refractivity contribution is 0.0853. The van der Waals surface area contributed by atoms with E-state index in [2.05, 4.69) is 20.2 Å². The van der Waals surface area contributed by atoms with E-state index in [9.17, 15) is 13.5 Å². The zero-order chi connectivity index (χ0) is 29.1. The number of fused-ring (bicyclic) bond motifs is 1. The van der Waals surface area contributed by atoms with E-state index in [-0.39, 0.29) is 18.3 Å². The number of benzene rings is 1. The molecule has 4 aromatic rings. The van der Waals surface area contributed by atoms with Crippen LogP contribution in [0.1, 0.15) is 18.4 Å². The quantitative estimate of drug-likeness (QED) is 0.284. The molecule has 0 bridgehead atoms. The summed E-state index contributed by atoms with van der Waals surface area (Å²) in [6.07, 6.45) is 6.70. The molecule has 1 aliphatic rings. The normalized spacial score (nSPS) is 15.2. The predicted molar refractivity (Wildman–Crippen MR) is 157 cm³/mol. The van der Waals surface area contributed by atoms with Crippen molar-refractivity contribution in [2.45, 2.75) is 31.9 Å². The highest BCUT2D eigenvalue weighted by molar-refractivity contribution is 7.89. The number of aromatic nitrogens is 5. The molecule has 1 aliphatic heterocycles. The molecule has 218 valence electrons. The third-order valence-electron chi connectivity index (χ3n) is 7.22. The molecule has 4 heterocycles. The molecule has 0 unspecified atom stereocenters. The zero-order valence-electron chi connectivity index (χ0n) is 23.6. The number of anilines is 1. The third kappa shape index (κ3) is 6.17. The van der Waals surface area contributed by atoms with E-state index in [0.717, 1.165) is 40.0 Å². The van der Waals surface area contributed by atoms with Gasteiger partial charge in [0.05, 0.1) is 11.9 Å². The molecule has 13 heteroatoms.